The van der Waals surface area contributed by atoms with Gasteiger partial charge in [-0.3, -0.25) is 0 Å². The Hall–Kier alpha value is -0.990. The van der Waals surface area contributed by atoms with Gasteiger partial charge in [0.15, 0.2) is 0 Å². The Balaban J connectivity index is 2.28. The summed E-state index contributed by atoms with van der Waals surface area (Å²) in [7, 11) is 0. The first-order chi connectivity index (χ1) is 7.77. The van der Waals surface area contributed by atoms with Gasteiger partial charge in [-0.05, 0) is 43.5 Å². The Morgan fingerprint density at radius 1 is 1.31 bits per heavy atom. The van der Waals surface area contributed by atoms with Crippen LogP contribution in [-0.2, 0) is 13.0 Å². The molecule has 3 rings (SSSR count). The van der Waals surface area contributed by atoms with Crippen molar-refractivity contribution in [1.82, 2.24) is 10.3 Å². The van der Waals surface area contributed by atoms with Crippen LogP contribution in [-0.4, -0.2) is 11.5 Å². The first-order valence-electron chi connectivity index (χ1n) is 5.76. The predicted octanol–water partition coefficient (Wildman–Crippen LogP) is 3.17. The van der Waals surface area contributed by atoms with Crippen molar-refractivity contribution in [3.05, 3.63) is 34.0 Å². The van der Waals surface area contributed by atoms with Crippen LogP contribution in [0.2, 0.25) is 5.02 Å². The average Bonchev–Trinajstić information content (AvgIpc) is 2.47. The highest BCUT2D eigenvalue weighted by atomic mass is 35.5. The molecule has 1 aromatic heterocycles. The van der Waals surface area contributed by atoms with Crippen molar-refractivity contribution in [3.63, 3.8) is 0 Å². The van der Waals surface area contributed by atoms with Gasteiger partial charge in [-0.1, -0.05) is 17.7 Å². The average molecular weight is 235 g/mol. The van der Waals surface area contributed by atoms with Crippen LogP contribution < -0.4 is 5.32 Å². The van der Waals surface area contributed by atoms with Gasteiger partial charge in [0.2, 0.25) is 0 Å². The van der Waals surface area contributed by atoms with Gasteiger partial charge in [-0.2, -0.15) is 0 Å². The lowest BCUT2D eigenvalue weighted by molar-refractivity contribution is 0.675. The Morgan fingerprint density at radius 2 is 2.19 bits per heavy atom. The van der Waals surface area contributed by atoms with Gasteiger partial charge in [0.05, 0.1) is 5.52 Å². The van der Waals surface area contributed by atoms with Crippen LogP contribution in [0.15, 0.2) is 12.1 Å². The van der Waals surface area contributed by atoms with Crippen molar-refractivity contribution < 1.29 is 0 Å². The van der Waals surface area contributed by atoms with Crippen LogP contribution in [0.1, 0.15) is 23.2 Å². The summed E-state index contributed by atoms with van der Waals surface area (Å²) in [6, 6.07) is 4.15. The summed E-state index contributed by atoms with van der Waals surface area (Å²) in [4.78, 5) is 3.52. The van der Waals surface area contributed by atoms with Crippen molar-refractivity contribution in [1.29, 1.82) is 0 Å². The van der Waals surface area contributed by atoms with Crippen LogP contribution in [0, 0.1) is 6.92 Å². The number of aromatic amines is 1. The molecule has 16 heavy (non-hydrogen) atoms. The Labute approximate surface area is 100.0 Å². The molecule has 2 heterocycles. The number of hydrogen-bond acceptors (Lipinski definition) is 1. The lowest BCUT2D eigenvalue weighted by Gasteiger charge is -2.01. The Morgan fingerprint density at radius 3 is 3.06 bits per heavy atom. The van der Waals surface area contributed by atoms with Crippen molar-refractivity contribution >= 4 is 22.5 Å². The zero-order valence-electron chi connectivity index (χ0n) is 9.36. The zero-order valence-corrected chi connectivity index (χ0v) is 10.1. The van der Waals surface area contributed by atoms with Crippen LogP contribution in [0.4, 0.5) is 0 Å². The fourth-order valence-corrected chi connectivity index (χ4v) is 2.69. The summed E-state index contributed by atoms with van der Waals surface area (Å²) in [5.74, 6) is 0. The second-order valence-corrected chi connectivity index (χ2v) is 4.86. The first-order valence-corrected chi connectivity index (χ1v) is 6.14. The summed E-state index contributed by atoms with van der Waals surface area (Å²) >= 11 is 6.15. The number of benzene rings is 1. The van der Waals surface area contributed by atoms with Crippen molar-refractivity contribution in [2.24, 2.45) is 0 Å². The van der Waals surface area contributed by atoms with E-state index in [1.807, 2.05) is 6.07 Å². The molecule has 0 radical (unpaired) electrons. The minimum atomic E-state index is 0.844. The first kappa shape index (κ1) is 10.2. The third-order valence-electron chi connectivity index (χ3n) is 3.45. The van der Waals surface area contributed by atoms with Gasteiger partial charge in [0, 0.05) is 22.6 Å². The second kappa shape index (κ2) is 3.79. The monoisotopic (exact) mass is 234 g/mol. The van der Waals surface area contributed by atoms with Gasteiger partial charge in [-0.15, -0.1) is 0 Å². The van der Waals surface area contributed by atoms with Crippen molar-refractivity contribution in [2.45, 2.75) is 26.3 Å². The molecule has 0 amide bonds. The molecule has 1 aliphatic heterocycles. The van der Waals surface area contributed by atoms with E-state index in [-0.39, 0.29) is 0 Å². The van der Waals surface area contributed by atoms with E-state index in [4.69, 9.17) is 11.6 Å². The summed E-state index contributed by atoms with van der Waals surface area (Å²) < 4.78 is 0. The fraction of sp³-hybridized carbons (Fsp3) is 0.385. The SMILES string of the molecule is Cc1c(Cl)ccc2c3c([nH]c12)CNCCC3. The number of hydrogen-bond donors (Lipinski definition) is 2. The van der Waals surface area contributed by atoms with Gasteiger partial charge < -0.3 is 10.3 Å². The summed E-state index contributed by atoms with van der Waals surface area (Å²) in [5, 5.41) is 5.63. The molecule has 0 atom stereocenters. The number of nitrogens with one attached hydrogen (secondary N) is 2. The van der Waals surface area contributed by atoms with E-state index in [2.05, 4.69) is 23.3 Å². The summed E-state index contributed by atoms with van der Waals surface area (Å²) in [6.07, 6.45) is 2.37. The van der Waals surface area contributed by atoms with E-state index in [1.165, 1.54) is 28.6 Å². The molecule has 0 bridgehead atoms. The topological polar surface area (TPSA) is 27.8 Å². The lowest BCUT2D eigenvalue weighted by Crippen LogP contribution is -2.12. The molecule has 1 aliphatic rings. The third-order valence-corrected chi connectivity index (χ3v) is 3.86. The third kappa shape index (κ3) is 1.45. The number of rotatable bonds is 0. The number of aromatic nitrogens is 1. The Bertz CT molecular complexity index is 542. The van der Waals surface area contributed by atoms with Crippen molar-refractivity contribution in [2.75, 3.05) is 6.54 Å². The van der Waals surface area contributed by atoms with Crippen LogP contribution >= 0.6 is 11.6 Å². The van der Waals surface area contributed by atoms with E-state index < -0.39 is 0 Å². The molecule has 0 saturated heterocycles. The molecule has 2 nitrogen and oxygen atoms in total. The molecule has 84 valence electrons. The lowest BCUT2D eigenvalue weighted by atomic mass is 10.0. The molecule has 3 heteroatoms. The van der Waals surface area contributed by atoms with Gasteiger partial charge in [-0.25, -0.2) is 0 Å². The number of aryl methyl sites for hydroxylation is 2. The molecule has 0 fully saturated rings. The van der Waals surface area contributed by atoms with Gasteiger partial charge in [0.25, 0.3) is 0 Å². The highest BCUT2D eigenvalue weighted by Crippen LogP contribution is 2.30. The molecule has 1 aromatic carbocycles. The molecule has 0 aliphatic carbocycles. The molecule has 2 aromatic rings. The maximum Gasteiger partial charge on any atom is 0.0504 e. The van der Waals surface area contributed by atoms with Crippen LogP contribution in [0.5, 0.6) is 0 Å². The Kier molecular flexibility index (Phi) is 2.41. The smallest absolute Gasteiger partial charge is 0.0504 e. The maximum absolute atomic E-state index is 6.15. The standard InChI is InChI=1S/C13H15ClN2/c1-8-11(14)5-4-10-9-3-2-6-15-7-12(9)16-13(8)10/h4-5,15-16H,2-3,6-7H2,1H3. The maximum atomic E-state index is 6.15. The highest BCUT2D eigenvalue weighted by molar-refractivity contribution is 6.32. The van der Waals surface area contributed by atoms with Crippen LogP contribution in [0.3, 0.4) is 0 Å². The molecule has 0 saturated carbocycles. The zero-order chi connectivity index (χ0) is 11.1. The minimum absolute atomic E-state index is 0.844. The minimum Gasteiger partial charge on any atom is -0.357 e. The summed E-state index contributed by atoms with van der Waals surface area (Å²) in [5.41, 5.74) is 5.17. The molecule has 0 unspecified atom stereocenters. The van der Waals surface area contributed by atoms with Gasteiger partial charge in [0.1, 0.15) is 0 Å². The largest absolute Gasteiger partial charge is 0.357 e. The number of H-pyrrole nitrogens is 1. The van der Waals surface area contributed by atoms with E-state index >= 15 is 0 Å². The van der Waals surface area contributed by atoms with E-state index in [1.54, 1.807) is 0 Å². The van der Waals surface area contributed by atoms with E-state index in [0.29, 0.717) is 0 Å². The highest BCUT2D eigenvalue weighted by Gasteiger charge is 2.15. The van der Waals surface area contributed by atoms with Crippen LogP contribution in [0.25, 0.3) is 10.9 Å². The second-order valence-electron chi connectivity index (χ2n) is 4.46. The molecule has 2 N–H and O–H groups in total. The number of halogens is 1. The fourth-order valence-electron chi connectivity index (χ4n) is 2.53. The quantitative estimate of drug-likeness (QED) is 0.720. The number of fused-ring (bicyclic) bond motifs is 3. The summed E-state index contributed by atoms with van der Waals surface area (Å²) in [6.45, 7) is 4.13. The molecular formula is C13H15ClN2. The molecule has 0 spiro atoms. The van der Waals surface area contributed by atoms with Gasteiger partial charge >= 0.3 is 0 Å². The van der Waals surface area contributed by atoms with Crippen molar-refractivity contribution in [3.8, 4) is 0 Å². The molecular weight excluding hydrogens is 220 g/mol. The van der Waals surface area contributed by atoms with E-state index in [9.17, 15) is 0 Å². The normalized spacial score (nSPS) is 16.1. The predicted molar refractivity (Wildman–Crippen MR) is 68.1 cm³/mol. The van der Waals surface area contributed by atoms with E-state index in [0.717, 1.165) is 30.1 Å².